The summed E-state index contributed by atoms with van der Waals surface area (Å²) in [6.07, 6.45) is 2.71. The van der Waals surface area contributed by atoms with E-state index in [2.05, 4.69) is 4.98 Å². The minimum atomic E-state index is 0.851. The summed E-state index contributed by atoms with van der Waals surface area (Å²) in [5.41, 5.74) is 2.04. The molecule has 1 aromatic carbocycles. The summed E-state index contributed by atoms with van der Waals surface area (Å²) >= 11 is 0. The van der Waals surface area contributed by atoms with Crippen LogP contribution in [0.5, 0.6) is 0 Å². The predicted octanol–water partition coefficient (Wildman–Crippen LogP) is 2.63. The molecule has 2 radical (unpaired) electrons. The van der Waals surface area contributed by atoms with Gasteiger partial charge in [-0.1, -0.05) is 37.3 Å². The van der Waals surface area contributed by atoms with Crippen LogP contribution in [0.3, 0.4) is 0 Å². The molecule has 2 nitrogen and oxygen atoms in total. The first-order valence-electron chi connectivity index (χ1n) is 4.70. The molecule has 0 aliphatic carbocycles. The summed E-state index contributed by atoms with van der Waals surface area (Å²) in [7, 11) is 5.74. The SMILES string of the molecule is [CH]n1cc(-c2ccccc2)nc1CC. The van der Waals surface area contributed by atoms with Gasteiger partial charge in [0.15, 0.2) is 0 Å². The molecule has 0 aliphatic heterocycles. The predicted molar refractivity (Wildman–Crippen MR) is 56.7 cm³/mol. The lowest BCUT2D eigenvalue weighted by molar-refractivity contribution is 0.890. The maximum Gasteiger partial charge on any atom is 0.109 e. The Kier molecular flexibility index (Phi) is 2.35. The molecule has 14 heavy (non-hydrogen) atoms. The average Bonchev–Trinajstić information content (AvgIpc) is 2.61. The van der Waals surface area contributed by atoms with Crippen molar-refractivity contribution in [1.29, 1.82) is 0 Å². The molecule has 0 atom stereocenters. The Labute approximate surface area is 84.2 Å². The van der Waals surface area contributed by atoms with Crippen molar-refractivity contribution in [2.45, 2.75) is 13.3 Å². The Bertz CT molecular complexity index is 415. The van der Waals surface area contributed by atoms with Crippen molar-refractivity contribution in [2.24, 2.45) is 0 Å². The number of hydrogen-bond donors (Lipinski definition) is 0. The molecule has 2 heteroatoms. The summed E-state index contributed by atoms with van der Waals surface area (Å²) in [5, 5.41) is 0. The Balaban J connectivity index is 2.43. The molecule has 1 heterocycles. The van der Waals surface area contributed by atoms with Crippen LogP contribution in [0.1, 0.15) is 12.7 Å². The van der Waals surface area contributed by atoms with E-state index in [9.17, 15) is 0 Å². The van der Waals surface area contributed by atoms with E-state index in [1.807, 2.05) is 43.5 Å². The number of benzene rings is 1. The van der Waals surface area contributed by atoms with Crippen LogP contribution in [-0.2, 0) is 6.42 Å². The van der Waals surface area contributed by atoms with Crippen LogP contribution in [-0.4, -0.2) is 9.55 Å². The molecule has 70 valence electrons. The van der Waals surface area contributed by atoms with Gasteiger partial charge in [-0.25, -0.2) is 4.98 Å². The van der Waals surface area contributed by atoms with Crippen LogP contribution in [0.15, 0.2) is 36.5 Å². The lowest BCUT2D eigenvalue weighted by Crippen LogP contribution is -1.91. The summed E-state index contributed by atoms with van der Waals surface area (Å²) < 4.78 is 1.59. The molecule has 0 amide bonds. The zero-order valence-corrected chi connectivity index (χ0v) is 8.14. The van der Waals surface area contributed by atoms with E-state index in [1.165, 1.54) is 0 Å². The van der Waals surface area contributed by atoms with E-state index >= 15 is 0 Å². The zero-order valence-electron chi connectivity index (χ0n) is 8.14. The van der Waals surface area contributed by atoms with Gasteiger partial charge in [0, 0.05) is 18.2 Å². The van der Waals surface area contributed by atoms with Gasteiger partial charge in [0.1, 0.15) is 5.82 Å². The second-order valence-electron chi connectivity index (χ2n) is 3.17. The van der Waals surface area contributed by atoms with Crippen LogP contribution in [0, 0.1) is 7.05 Å². The molecule has 2 rings (SSSR count). The van der Waals surface area contributed by atoms with E-state index in [-0.39, 0.29) is 0 Å². The van der Waals surface area contributed by atoms with E-state index in [0.717, 1.165) is 23.5 Å². The highest BCUT2D eigenvalue weighted by molar-refractivity contribution is 5.58. The van der Waals surface area contributed by atoms with Crippen molar-refractivity contribution in [2.75, 3.05) is 0 Å². The summed E-state index contributed by atoms with van der Waals surface area (Å²) in [5.74, 6) is 0.906. The standard InChI is InChI=1S/C12H12N2/c1-3-12-13-11(9-14(12)2)10-7-5-4-6-8-10/h2,4-9H,3H2,1H3. The third kappa shape index (κ3) is 1.55. The third-order valence-electron chi connectivity index (χ3n) is 2.19. The van der Waals surface area contributed by atoms with Gasteiger partial charge in [0.25, 0.3) is 0 Å². The quantitative estimate of drug-likeness (QED) is 0.701. The van der Waals surface area contributed by atoms with Gasteiger partial charge in [-0.05, 0) is 0 Å². The fourth-order valence-corrected chi connectivity index (χ4v) is 1.44. The highest BCUT2D eigenvalue weighted by atomic mass is 15.0. The first-order valence-corrected chi connectivity index (χ1v) is 4.70. The van der Waals surface area contributed by atoms with Crippen molar-refractivity contribution < 1.29 is 0 Å². The van der Waals surface area contributed by atoms with Gasteiger partial charge in [-0.3, -0.25) is 0 Å². The fourth-order valence-electron chi connectivity index (χ4n) is 1.44. The van der Waals surface area contributed by atoms with Crippen LogP contribution >= 0.6 is 0 Å². The molecule has 0 N–H and O–H groups in total. The Morgan fingerprint density at radius 1 is 1.29 bits per heavy atom. The minimum absolute atomic E-state index is 0.851. The summed E-state index contributed by atoms with van der Waals surface area (Å²) in [6, 6.07) is 10.0. The van der Waals surface area contributed by atoms with Crippen LogP contribution < -0.4 is 0 Å². The first-order chi connectivity index (χ1) is 6.81. The third-order valence-corrected chi connectivity index (χ3v) is 2.19. The number of imidazole rings is 1. The van der Waals surface area contributed by atoms with E-state index in [4.69, 9.17) is 7.05 Å². The fraction of sp³-hybridized carbons (Fsp3) is 0.167. The highest BCUT2D eigenvalue weighted by Gasteiger charge is 2.04. The topological polar surface area (TPSA) is 17.8 Å². The molecule has 0 spiro atoms. The maximum absolute atomic E-state index is 5.74. The smallest absolute Gasteiger partial charge is 0.109 e. The maximum atomic E-state index is 5.74. The van der Waals surface area contributed by atoms with Crippen molar-refractivity contribution in [3.8, 4) is 11.3 Å². The number of rotatable bonds is 2. The molecular formula is C12H12N2. The largest absolute Gasteiger partial charge is 0.327 e. The second kappa shape index (κ2) is 3.66. The molecule has 2 aromatic rings. The van der Waals surface area contributed by atoms with Gasteiger partial charge in [-0.15, -0.1) is 0 Å². The summed E-state index contributed by atoms with van der Waals surface area (Å²) in [4.78, 5) is 4.44. The second-order valence-corrected chi connectivity index (χ2v) is 3.17. The lowest BCUT2D eigenvalue weighted by atomic mass is 10.2. The first kappa shape index (κ1) is 9.00. The van der Waals surface area contributed by atoms with Gasteiger partial charge in [0.2, 0.25) is 0 Å². The van der Waals surface area contributed by atoms with Gasteiger partial charge < -0.3 is 4.57 Å². The van der Waals surface area contributed by atoms with Crippen LogP contribution in [0.4, 0.5) is 0 Å². The number of nitrogens with zero attached hydrogens (tertiary/aromatic N) is 2. The average molecular weight is 184 g/mol. The normalized spacial score (nSPS) is 10.4. The summed E-state index contributed by atoms with van der Waals surface area (Å²) in [6.45, 7) is 2.04. The van der Waals surface area contributed by atoms with E-state index in [1.54, 1.807) is 4.57 Å². The van der Waals surface area contributed by atoms with Crippen molar-refractivity contribution in [3.05, 3.63) is 49.4 Å². The monoisotopic (exact) mass is 184 g/mol. The minimum Gasteiger partial charge on any atom is -0.327 e. The van der Waals surface area contributed by atoms with Crippen LogP contribution in [0.2, 0.25) is 0 Å². The van der Waals surface area contributed by atoms with Gasteiger partial charge in [-0.2, -0.15) is 0 Å². The Morgan fingerprint density at radius 3 is 2.57 bits per heavy atom. The molecule has 0 bridgehead atoms. The molecule has 0 aliphatic rings. The zero-order chi connectivity index (χ0) is 9.97. The van der Waals surface area contributed by atoms with Crippen molar-refractivity contribution in [1.82, 2.24) is 9.55 Å². The van der Waals surface area contributed by atoms with Crippen molar-refractivity contribution in [3.63, 3.8) is 0 Å². The molecule has 1 aromatic heterocycles. The Hall–Kier alpha value is -1.57. The van der Waals surface area contributed by atoms with Crippen molar-refractivity contribution >= 4 is 0 Å². The lowest BCUT2D eigenvalue weighted by Gasteiger charge is -1.93. The van der Waals surface area contributed by atoms with E-state index in [0.29, 0.717) is 0 Å². The van der Waals surface area contributed by atoms with Gasteiger partial charge in [0.05, 0.1) is 12.7 Å². The molecule has 0 saturated heterocycles. The van der Waals surface area contributed by atoms with E-state index < -0.39 is 0 Å². The number of hydrogen-bond acceptors (Lipinski definition) is 1. The van der Waals surface area contributed by atoms with Crippen LogP contribution in [0.25, 0.3) is 11.3 Å². The molecule has 0 saturated carbocycles. The highest BCUT2D eigenvalue weighted by Crippen LogP contribution is 2.17. The molecular weight excluding hydrogens is 172 g/mol. The molecule has 0 unspecified atom stereocenters. The number of aromatic nitrogens is 2. The molecule has 0 fully saturated rings. The van der Waals surface area contributed by atoms with Gasteiger partial charge >= 0.3 is 0 Å². The number of aryl methyl sites for hydroxylation is 1. The Morgan fingerprint density at radius 2 is 2.00 bits per heavy atom.